The van der Waals surface area contributed by atoms with Gasteiger partial charge in [0.15, 0.2) is 4.34 Å². The van der Waals surface area contributed by atoms with Gasteiger partial charge in [0.25, 0.3) is 11.8 Å². The number of amides is 3. The Bertz CT molecular complexity index is 1350. The standard InChI is InChI=1S/C23H14BrN3O3S2/c24-13-5-7-14(8-6-13)25-20(28)12-31-23-26-18-10-9-15(11-19(18)32-23)27-21(29)16-3-1-2-4-17(16)22(27)30/h1-11H,12H2,(H,25,28). The molecule has 3 amide bonds. The van der Waals surface area contributed by atoms with E-state index in [0.717, 1.165) is 24.7 Å². The number of nitrogens with one attached hydrogen (secondary N) is 1. The van der Waals surface area contributed by atoms with E-state index in [4.69, 9.17) is 0 Å². The summed E-state index contributed by atoms with van der Waals surface area (Å²) >= 11 is 6.13. The second-order valence-electron chi connectivity index (χ2n) is 6.97. The minimum absolute atomic E-state index is 0.122. The fourth-order valence-electron chi connectivity index (χ4n) is 3.37. The third kappa shape index (κ3) is 3.94. The van der Waals surface area contributed by atoms with Gasteiger partial charge in [0.05, 0.1) is 32.8 Å². The van der Waals surface area contributed by atoms with Crippen LogP contribution in [0.25, 0.3) is 10.2 Å². The summed E-state index contributed by atoms with van der Waals surface area (Å²) in [5, 5.41) is 2.85. The molecule has 0 atom stereocenters. The van der Waals surface area contributed by atoms with E-state index in [2.05, 4.69) is 26.2 Å². The van der Waals surface area contributed by atoms with Crippen molar-refractivity contribution in [2.24, 2.45) is 0 Å². The van der Waals surface area contributed by atoms with E-state index >= 15 is 0 Å². The summed E-state index contributed by atoms with van der Waals surface area (Å²) in [5.74, 6) is -0.549. The molecule has 1 aromatic heterocycles. The highest BCUT2D eigenvalue weighted by Crippen LogP contribution is 2.35. The van der Waals surface area contributed by atoms with E-state index in [1.807, 2.05) is 24.3 Å². The van der Waals surface area contributed by atoms with Crippen molar-refractivity contribution in [3.05, 3.63) is 82.3 Å². The van der Waals surface area contributed by atoms with Gasteiger partial charge in [-0.15, -0.1) is 11.3 Å². The molecule has 3 aromatic carbocycles. The van der Waals surface area contributed by atoms with E-state index < -0.39 is 0 Å². The van der Waals surface area contributed by atoms with Gasteiger partial charge in [-0.2, -0.15) is 0 Å². The Morgan fingerprint density at radius 1 is 1.00 bits per heavy atom. The Hall–Kier alpha value is -3.01. The molecule has 0 saturated heterocycles. The lowest BCUT2D eigenvalue weighted by atomic mass is 10.1. The topological polar surface area (TPSA) is 79.4 Å². The number of fused-ring (bicyclic) bond motifs is 2. The van der Waals surface area contributed by atoms with Gasteiger partial charge in [-0.25, -0.2) is 9.88 Å². The summed E-state index contributed by atoms with van der Waals surface area (Å²) in [6.45, 7) is 0. The minimum Gasteiger partial charge on any atom is -0.325 e. The van der Waals surface area contributed by atoms with E-state index in [-0.39, 0.29) is 23.5 Å². The second-order valence-corrected chi connectivity index (χ2v) is 10.1. The molecule has 5 rings (SSSR count). The second kappa shape index (κ2) is 8.50. The number of nitrogens with zero attached hydrogens (tertiary/aromatic N) is 2. The van der Waals surface area contributed by atoms with Crippen molar-refractivity contribution in [1.29, 1.82) is 0 Å². The van der Waals surface area contributed by atoms with Gasteiger partial charge in [-0.3, -0.25) is 14.4 Å². The predicted octanol–water partition coefficient (Wildman–Crippen LogP) is 5.59. The molecule has 0 radical (unpaired) electrons. The number of hydrogen-bond acceptors (Lipinski definition) is 6. The molecule has 4 aromatic rings. The Balaban J connectivity index is 1.30. The number of halogens is 1. The minimum atomic E-state index is -0.325. The molecule has 2 heterocycles. The first-order valence-corrected chi connectivity index (χ1v) is 12.2. The van der Waals surface area contributed by atoms with E-state index in [0.29, 0.717) is 16.8 Å². The average Bonchev–Trinajstić information content (AvgIpc) is 3.32. The number of carbonyl (C=O) groups is 3. The molecule has 0 saturated carbocycles. The van der Waals surface area contributed by atoms with Crippen LogP contribution in [0.3, 0.4) is 0 Å². The number of anilines is 2. The van der Waals surface area contributed by atoms with Gasteiger partial charge >= 0.3 is 0 Å². The van der Waals surface area contributed by atoms with E-state index in [1.165, 1.54) is 28.0 Å². The first kappa shape index (κ1) is 20.9. The number of thiazole rings is 1. The fraction of sp³-hybridized carbons (Fsp3) is 0.0435. The molecule has 0 unspecified atom stereocenters. The maximum Gasteiger partial charge on any atom is 0.266 e. The van der Waals surface area contributed by atoms with Crippen molar-refractivity contribution in [3.63, 3.8) is 0 Å². The van der Waals surface area contributed by atoms with Crippen LogP contribution < -0.4 is 10.2 Å². The number of benzene rings is 3. The molecule has 1 aliphatic heterocycles. The van der Waals surface area contributed by atoms with Crippen molar-refractivity contribution >= 4 is 78.3 Å². The molecule has 9 heteroatoms. The Kier molecular flexibility index (Phi) is 5.54. The molecule has 0 bridgehead atoms. The largest absolute Gasteiger partial charge is 0.325 e. The van der Waals surface area contributed by atoms with Gasteiger partial charge in [-0.1, -0.05) is 39.8 Å². The number of imide groups is 1. The van der Waals surface area contributed by atoms with Gasteiger partial charge in [-0.05, 0) is 54.6 Å². The highest BCUT2D eigenvalue weighted by Gasteiger charge is 2.36. The first-order valence-electron chi connectivity index (χ1n) is 9.56. The maximum absolute atomic E-state index is 12.7. The summed E-state index contributed by atoms with van der Waals surface area (Å²) in [5.41, 5.74) is 2.82. The van der Waals surface area contributed by atoms with Crippen LogP contribution in [0, 0.1) is 0 Å². The van der Waals surface area contributed by atoms with Gasteiger partial charge in [0.1, 0.15) is 0 Å². The smallest absolute Gasteiger partial charge is 0.266 e. The van der Waals surface area contributed by atoms with Crippen molar-refractivity contribution in [3.8, 4) is 0 Å². The van der Waals surface area contributed by atoms with Gasteiger partial charge < -0.3 is 5.32 Å². The van der Waals surface area contributed by atoms with Crippen molar-refractivity contribution < 1.29 is 14.4 Å². The molecule has 1 N–H and O–H groups in total. The van der Waals surface area contributed by atoms with Crippen LogP contribution in [0.4, 0.5) is 11.4 Å². The van der Waals surface area contributed by atoms with E-state index in [9.17, 15) is 14.4 Å². The summed E-state index contributed by atoms with van der Waals surface area (Å²) in [7, 11) is 0. The molecular formula is C23H14BrN3O3S2. The van der Waals surface area contributed by atoms with E-state index in [1.54, 1.807) is 42.5 Å². The molecule has 6 nitrogen and oxygen atoms in total. The maximum atomic E-state index is 12.7. The Morgan fingerprint density at radius 2 is 1.69 bits per heavy atom. The van der Waals surface area contributed by atoms with Crippen molar-refractivity contribution in [2.75, 3.05) is 16.0 Å². The molecule has 32 heavy (non-hydrogen) atoms. The average molecular weight is 524 g/mol. The quantitative estimate of drug-likeness (QED) is 0.272. The molecule has 158 valence electrons. The van der Waals surface area contributed by atoms with Crippen LogP contribution >= 0.6 is 39.0 Å². The zero-order valence-corrected chi connectivity index (χ0v) is 19.6. The highest BCUT2D eigenvalue weighted by atomic mass is 79.9. The lowest BCUT2D eigenvalue weighted by molar-refractivity contribution is -0.113. The number of rotatable bonds is 5. The lowest BCUT2D eigenvalue weighted by Gasteiger charge is -2.13. The SMILES string of the molecule is O=C(CSc1nc2ccc(N3C(=O)c4ccccc4C3=O)cc2s1)Nc1ccc(Br)cc1. The summed E-state index contributed by atoms with van der Waals surface area (Å²) in [4.78, 5) is 43.5. The third-order valence-electron chi connectivity index (χ3n) is 4.86. The number of carbonyl (C=O) groups excluding carboxylic acids is 3. The first-order chi connectivity index (χ1) is 15.5. The zero-order chi connectivity index (χ0) is 22.2. The molecule has 1 aliphatic rings. The number of hydrogen-bond donors (Lipinski definition) is 1. The highest BCUT2D eigenvalue weighted by molar-refractivity contribution is 9.10. The summed E-state index contributed by atoms with van der Waals surface area (Å²) in [6.07, 6.45) is 0. The predicted molar refractivity (Wildman–Crippen MR) is 131 cm³/mol. The fourth-order valence-corrected chi connectivity index (χ4v) is 5.54. The molecule has 0 fully saturated rings. The van der Waals surface area contributed by atoms with Crippen LogP contribution in [0.2, 0.25) is 0 Å². The molecular weight excluding hydrogens is 510 g/mol. The van der Waals surface area contributed by atoms with Crippen LogP contribution in [-0.2, 0) is 4.79 Å². The molecule has 0 aliphatic carbocycles. The summed E-state index contributed by atoms with van der Waals surface area (Å²) in [6, 6.07) is 19.5. The zero-order valence-electron chi connectivity index (χ0n) is 16.4. The van der Waals surface area contributed by atoms with Crippen LogP contribution in [0.1, 0.15) is 20.7 Å². The van der Waals surface area contributed by atoms with Crippen LogP contribution in [0.5, 0.6) is 0 Å². The van der Waals surface area contributed by atoms with Crippen LogP contribution in [0.15, 0.2) is 75.5 Å². The lowest BCUT2D eigenvalue weighted by Crippen LogP contribution is -2.29. The van der Waals surface area contributed by atoms with Gasteiger partial charge in [0, 0.05) is 10.2 Å². The Labute approximate surface area is 199 Å². The summed E-state index contributed by atoms with van der Waals surface area (Å²) < 4.78 is 2.53. The third-order valence-corrected chi connectivity index (χ3v) is 7.55. The normalized spacial score (nSPS) is 13.0. The monoisotopic (exact) mass is 523 g/mol. The number of thioether (sulfide) groups is 1. The van der Waals surface area contributed by atoms with Gasteiger partial charge in [0.2, 0.25) is 5.91 Å². The number of aromatic nitrogens is 1. The Morgan fingerprint density at radius 3 is 2.38 bits per heavy atom. The van der Waals surface area contributed by atoms with Crippen molar-refractivity contribution in [2.45, 2.75) is 4.34 Å². The molecule has 0 spiro atoms. The van der Waals surface area contributed by atoms with Crippen molar-refractivity contribution in [1.82, 2.24) is 4.98 Å². The van der Waals surface area contributed by atoms with Crippen LogP contribution in [-0.4, -0.2) is 28.5 Å².